The van der Waals surface area contributed by atoms with E-state index in [-0.39, 0.29) is 5.91 Å². The molecule has 0 aliphatic carbocycles. The Morgan fingerprint density at radius 3 is 1.73 bits per heavy atom. The maximum Gasteiger partial charge on any atom is 0.485 e. The number of halogens is 3. The first-order valence-corrected chi connectivity index (χ1v) is 10.1. The lowest BCUT2D eigenvalue weighted by molar-refractivity contribution is -0.928. The van der Waals surface area contributed by atoms with Crippen LogP contribution in [0.4, 0.5) is 13.2 Å². The molecule has 0 rings (SSSR count). The van der Waals surface area contributed by atoms with Crippen LogP contribution in [0.1, 0.15) is 46.5 Å². The zero-order valence-corrected chi connectivity index (χ0v) is 16.6. The molecule has 0 bridgehead atoms. The highest BCUT2D eigenvalue weighted by Crippen LogP contribution is 2.20. The van der Waals surface area contributed by atoms with E-state index in [2.05, 4.69) is 32.7 Å². The number of carbonyl (C=O) groups excluding carboxylic acids is 1. The average molecular weight is 404 g/mol. The SMILES string of the molecule is C=CC(=O)NCCC[N+](CCC)(CCC)CCC.O=S(=O)([O-])C(F)(F)F. The highest BCUT2D eigenvalue weighted by Gasteiger charge is 2.36. The van der Waals surface area contributed by atoms with Crippen molar-refractivity contribution < 1.29 is 35.4 Å². The van der Waals surface area contributed by atoms with E-state index < -0.39 is 15.6 Å². The van der Waals surface area contributed by atoms with Gasteiger partial charge in [-0.05, 0) is 25.3 Å². The number of carbonyl (C=O) groups is 1. The number of quaternary nitrogens is 1. The Kier molecular flexibility index (Phi) is 13.7. The molecule has 156 valence electrons. The monoisotopic (exact) mass is 404 g/mol. The van der Waals surface area contributed by atoms with E-state index in [1.165, 1.54) is 56.0 Å². The summed E-state index contributed by atoms with van der Waals surface area (Å²) in [5.74, 6) is -0.0606. The molecule has 0 spiro atoms. The van der Waals surface area contributed by atoms with Gasteiger partial charge in [-0.1, -0.05) is 27.4 Å². The van der Waals surface area contributed by atoms with Crippen molar-refractivity contribution in [2.24, 2.45) is 0 Å². The van der Waals surface area contributed by atoms with Gasteiger partial charge in [0, 0.05) is 13.0 Å². The van der Waals surface area contributed by atoms with Gasteiger partial charge < -0.3 is 14.4 Å². The number of amides is 1. The largest absolute Gasteiger partial charge is 0.741 e. The molecule has 0 aromatic heterocycles. The molecule has 26 heavy (non-hydrogen) atoms. The molecule has 0 saturated carbocycles. The molecule has 0 aromatic carbocycles. The lowest BCUT2D eigenvalue weighted by Gasteiger charge is -2.38. The Bertz CT molecular complexity index is 491. The topological polar surface area (TPSA) is 86.3 Å². The van der Waals surface area contributed by atoms with Gasteiger partial charge in [0.25, 0.3) is 0 Å². The van der Waals surface area contributed by atoms with E-state index in [9.17, 15) is 18.0 Å². The van der Waals surface area contributed by atoms with Crippen LogP contribution in [0.5, 0.6) is 0 Å². The van der Waals surface area contributed by atoms with Crippen LogP contribution in [0.3, 0.4) is 0 Å². The third-order valence-electron chi connectivity index (χ3n) is 3.67. The Morgan fingerprint density at radius 1 is 1.08 bits per heavy atom. The Hall–Kier alpha value is -1.13. The second kappa shape index (κ2) is 13.1. The number of hydrogen-bond acceptors (Lipinski definition) is 4. The van der Waals surface area contributed by atoms with Gasteiger partial charge >= 0.3 is 5.51 Å². The lowest BCUT2D eigenvalue weighted by atomic mass is 10.2. The molecule has 10 heteroatoms. The molecular weight excluding hydrogens is 373 g/mol. The van der Waals surface area contributed by atoms with Crippen LogP contribution in [0.15, 0.2) is 12.7 Å². The highest BCUT2D eigenvalue weighted by molar-refractivity contribution is 7.86. The van der Waals surface area contributed by atoms with Crippen molar-refractivity contribution in [1.29, 1.82) is 0 Å². The summed E-state index contributed by atoms with van der Waals surface area (Å²) < 4.78 is 60.1. The highest BCUT2D eigenvalue weighted by atomic mass is 32.2. The summed E-state index contributed by atoms with van der Waals surface area (Å²) in [7, 11) is -6.09. The van der Waals surface area contributed by atoms with Crippen LogP contribution in [0.25, 0.3) is 0 Å². The van der Waals surface area contributed by atoms with Crippen molar-refractivity contribution in [3.05, 3.63) is 12.7 Å². The second-order valence-corrected chi connectivity index (χ2v) is 7.36. The Morgan fingerprint density at radius 2 is 1.46 bits per heavy atom. The molecule has 0 aromatic rings. The third-order valence-corrected chi connectivity index (χ3v) is 4.24. The molecule has 1 amide bonds. The summed E-state index contributed by atoms with van der Waals surface area (Å²) in [6.07, 6.45) is 6.10. The summed E-state index contributed by atoms with van der Waals surface area (Å²) in [5.41, 5.74) is -5.65. The summed E-state index contributed by atoms with van der Waals surface area (Å²) in [6.45, 7) is 16.0. The van der Waals surface area contributed by atoms with E-state index >= 15 is 0 Å². The number of rotatable bonds is 11. The molecule has 0 aliphatic rings. The second-order valence-electron chi connectivity index (χ2n) is 5.98. The van der Waals surface area contributed by atoms with Gasteiger partial charge in [-0.15, -0.1) is 0 Å². The van der Waals surface area contributed by atoms with Gasteiger partial charge in [-0.2, -0.15) is 13.2 Å². The molecule has 0 atom stereocenters. The fraction of sp³-hybridized carbons (Fsp3) is 0.812. The summed E-state index contributed by atoms with van der Waals surface area (Å²) in [4.78, 5) is 11.1. The summed E-state index contributed by atoms with van der Waals surface area (Å²) in [5, 5.41) is 2.86. The van der Waals surface area contributed by atoms with Gasteiger partial charge in [-0.3, -0.25) is 4.79 Å². The number of nitrogens with zero attached hydrogens (tertiary/aromatic N) is 1. The Labute approximate surface area is 154 Å². The minimum absolute atomic E-state index is 0.0606. The van der Waals surface area contributed by atoms with E-state index in [0.29, 0.717) is 0 Å². The Balaban J connectivity index is 0. The molecule has 6 nitrogen and oxygen atoms in total. The number of nitrogens with one attached hydrogen (secondary N) is 1. The molecule has 0 radical (unpaired) electrons. The maximum absolute atomic E-state index is 11.1. The van der Waals surface area contributed by atoms with Crippen molar-refractivity contribution in [2.75, 3.05) is 32.7 Å². The molecular formula is C16H31F3N2O4S. The van der Waals surface area contributed by atoms with Crippen molar-refractivity contribution in [3.8, 4) is 0 Å². The minimum Gasteiger partial charge on any atom is -0.741 e. The van der Waals surface area contributed by atoms with Crippen LogP contribution in [-0.2, 0) is 14.9 Å². The van der Waals surface area contributed by atoms with Crippen molar-refractivity contribution in [1.82, 2.24) is 5.32 Å². The maximum atomic E-state index is 11.1. The smallest absolute Gasteiger partial charge is 0.485 e. The summed E-state index contributed by atoms with van der Waals surface area (Å²) >= 11 is 0. The van der Waals surface area contributed by atoms with Crippen molar-refractivity contribution in [3.63, 3.8) is 0 Å². The molecule has 0 saturated heterocycles. The average Bonchev–Trinajstić information content (AvgIpc) is 2.51. The fourth-order valence-electron chi connectivity index (χ4n) is 2.79. The first kappa shape index (κ1) is 27.1. The van der Waals surface area contributed by atoms with Crippen molar-refractivity contribution >= 4 is 16.0 Å². The number of hydrogen-bond donors (Lipinski definition) is 1. The van der Waals surface area contributed by atoms with Gasteiger partial charge in [0.1, 0.15) is 0 Å². The van der Waals surface area contributed by atoms with Crippen LogP contribution in [0.2, 0.25) is 0 Å². The predicted octanol–water partition coefficient (Wildman–Crippen LogP) is 2.78. The van der Waals surface area contributed by atoms with Gasteiger partial charge in [-0.25, -0.2) is 8.42 Å². The van der Waals surface area contributed by atoms with E-state index in [0.717, 1.165) is 13.0 Å². The van der Waals surface area contributed by atoms with Crippen LogP contribution in [-0.4, -0.2) is 61.6 Å². The molecule has 0 heterocycles. The zero-order valence-electron chi connectivity index (χ0n) is 15.8. The van der Waals surface area contributed by atoms with Gasteiger partial charge in [0.15, 0.2) is 10.1 Å². The number of alkyl halides is 3. The normalized spacial score (nSPS) is 12.1. The zero-order chi connectivity index (χ0) is 20.9. The van der Waals surface area contributed by atoms with Gasteiger partial charge in [0.05, 0.1) is 26.2 Å². The molecule has 0 unspecified atom stereocenters. The molecule has 0 aliphatic heterocycles. The fourth-order valence-corrected chi connectivity index (χ4v) is 2.79. The van der Waals surface area contributed by atoms with Crippen molar-refractivity contribution in [2.45, 2.75) is 52.0 Å². The predicted molar refractivity (Wildman–Crippen MR) is 94.2 cm³/mol. The first-order chi connectivity index (χ1) is 11.9. The third kappa shape index (κ3) is 12.3. The quantitative estimate of drug-likeness (QED) is 0.189. The standard InChI is InChI=1S/C15H30N2O.CHF3O3S/c1-5-11-17(12-6-2,13-7-3)14-9-10-16-15(18)8-4;2-1(3,4)8(5,6)7/h8H,4-7,9-14H2,1-3H3;(H,5,6,7). The van der Waals surface area contributed by atoms with Gasteiger partial charge in [0.2, 0.25) is 5.91 Å². The molecule has 0 fully saturated rings. The van der Waals surface area contributed by atoms with E-state index in [1.54, 1.807) is 0 Å². The van der Waals surface area contributed by atoms with E-state index in [1.807, 2.05) is 0 Å². The van der Waals surface area contributed by atoms with Crippen LogP contribution >= 0.6 is 0 Å². The molecule has 1 N–H and O–H groups in total. The minimum atomic E-state index is -6.09. The summed E-state index contributed by atoms with van der Waals surface area (Å²) in [6, 6.07) is 0. The van der Waals surface area contributed by atoms with Crippen LogP contribution < -0.4 is 5.32 Å². The lowest BCUT2D eigenvalue weighted by Crippen LogP contribution is -2.51. The first-order valence-electron chi connectivity index (χ1n) is 8.66. The van der Waals surface area contributed by atoms with E-state index in [4.69, 9.17) is 13.0 Å². The van der Waals surface area contributed by atoms with Crippen LogP contribution in [0, 0.1) is 0 Å².